The summed E-state index contributed by atoms with van der Waals surface area (Å²) >= 11 is 1.28. The summed E-state index contributed by atoms with van der Waals surface area (Å²) in [5, 5.41) is 21.1. The molecule has 0 fully saturated rings. The molecule has 2 aromatic rings. The van der Waals surface area contributed by atoms with Gasteiger partial charge in [-0.05, 0) is 37.1 Å². The Morgan fingerprint density at radius 1 is 1.10 bits per heavy atom. The Kier molecular flexibility index (Phi) is 7.41. The Morgan fingerprint density at radius 2 is 1.72 bits per heavy atom. The molecule has 148 valence electrons. The SMILES string of the molecule is CC(C)[C@@](C)(C#N)NC(=O)COC(=O)c1ccccc1Sc1ccccc1C#N. The first-order valence-corrected chi connectivity index (χ1v) is 9.77. The number of nitrogens with one attached hydrogen (secondary N) is 1. The van der Waals surface area contributed by atoms with Crippen molar-refractivity contribution < 1.29 is 14.3 Å². The van der Waals surface area contributed by atoms with Gasteiger partial charge >= 0.3 is 5.97 Å². The molecule has 6 nitrogen and oxygen atoms in total. The lowest BCUT2D eigenvalue weighted by molar-refractivity contribution is -0.125. The van der Waals surface area contributed by atoms with E-state index in [1.54, 1.807) is 49.4 Å². The van der Waals surface area contributed by atoms with E-state index in [4.69, 9.17) is 4.74 Å². The number of ether oxygens (including phenoxy) is 1. The third-order valence-electron chi connectivity index (χ3n) is 4.45. The van der Waals surface area contributed by atoms with Gasteiger partial charge in [0.1, 0.15) is 11.6 Å². The zero-order valence-corrected chi connectivity index (χ0v) is 17.2. The molecule has 2 aromatic carbocycles. The highest BCUT2D eigenvalue weighted by atomic mass is 32.2. The normalized spacial score (nSPS) is 12.3. The average Bonchev–Trinajstić information content (AvgIpc) is 2.72. The fourth-order valence-corrected chi connectivity index (χ4v) is 3.34. The van der Waals surface area contributed by atoms with Crippen LogP contribution in [0.5, 0.6) is 0 Å². The molecule has 0 bridgehead atoms. The zero-order chi connectivity index (χ0) is 21.4. The number of amides is 1. The van der Waals surface area contributed by atoms with E-state index in [1.165, 1.54) is 11.8 Å². The molecule has 1 amide bonds. The van der Waals surface area contributed by atoms with Crippen LogP contribution in [0.2, 0.25) is 0 Å². The monoisotopic (exact) mass is 407 g/mol. The highest BCUT2D eigenvalue weighted by molar-refractivity contribution is 7.99. The maximum atomic E-state index is 12.5. The lowest BCUT2D eigenvalue weighted by Gasteiger charge is -2.27. The molecule has 0 aromatic heterocycles. The van der Waals surface area contributed by atoms with Gasteiger partial charge in [-0.25, -0.2) is 4.79 Å². The molecule has 0 spiro atoms. The molecule has 0 aliphatic carbocycles. The van der Waals surface area contributed by atoms with Crippen LogP contribution in [0.3, 0.4) is 0 Å². The summed E-state index contributed by atoms with van der Waals surface area (Å²) in [7, 11) is 0. The Bertz CT molecular complexity index is 991. The van der Waals surface area contributed by atoms with E-state index in [1.807, 2.05) is 19.9 Å². The van der Waals surface area contributed by atoms with E-state index in [0.29, 0.717) is 16.0 Å². The summed E-state index contributed by atoms with van der Waals surface area (Å²) in [4.78, 5) is 26.0. The van der Waals surface area contributed by atoms with E-state index < -0.39 is 24.0 Å². The first-order chi connectivity index (χ1) is 13.8. The van der Waals surface area contributed by atoms with Gasteiger partial charge in [0, 0.05) is 9.79 Å². The standard InChI is InChI=1S/C22H21N3O3S/c1-15(2)22(3,14-24)25-20(26)13-28-21(27)17-9-5-7-11-19(17)29-18-10-6-4-8-16(18)12-23/h4-11,15H,13H2,1-3H3,(H,25,26)/t22-/m1/s1. The molecular formula is C22H21N3O3S. The summed E-state index contributed by atoms with van der Waals surface area (Å²) in [6, 6.07) is 18.1. The Balaban J connectivity index is 2.10. The number of nitrogens with zero attached hydrogens (tertiary/aromatic N) is 2. The molecule has 7 heteroatoms. The van der Waals surface area contributed by atoms with Crippen LogP contribution in [0.15, 0.2) is 58.3 Å². The van der Waals surface area contributed by atoms with Crippen LogP contribution in [-0.2, 0) is 9.53 Å². The fraction of sp³-hybridized carbons (Fsp3) is 0.273. The molecule has 0 saturated heterocycles. The maximum absolute atomic E-state index is 12.5. The molecule has 0 aliphatic heterocycles. The first kappa shape index (κ1) is 22.0. The van der Waals surface area contributed by atoms with E-state index in [0.717, 1.165) is 4.90 Å². The number of carbonyl (C=O) groups is 2. The van der Waals surface area contributed by atoms with Crippen LogP contribution in [0.25, 0.3) is 0 Å². The summed E-state index contributed by atoms with van der Waals surface area (Å²) in [6.45, 7) is 4.77. The van der Waals surface area contributed by atoms with Crippen LogP contribution in [0, 0.1) is 28.6 Å². The number of carbonyl (C=O) groups excluding carboxylic acids is 2. The van der Waals surface area contributed by atoms with E-state index in [2.05, 4.69) is 17.5 Å². The predicted molar refractivity (Wildman–Crippen MR) is 109 cm³/mol. The van der Waals surface area contributed by atoms with Crippen LogP contribution < -0.4 is 5.32 Å². The Labute approximate surface area is 174 Å². The van der Waals surface area contributed by atoms with Crippen LogP contribution in [0.4, 0.5) is 0 Å². The highest BCUT2D eigenvalue weighted by Gasteiger charge is 2.30. The average molecular weight is 407 g/mol. The van der Waals surface area contributed by atoms with Crippen molar-refractivity contribution in [2.45, 2.75) is 36.1 Å². The number of nitriles is 2. The second-order valence-electron chi connectivity index (χ2n) is 6.80. The van der Waals surface area contributed by atoms with Gasteiger partial charge < -0.3 is 10.1 Å². The van der Waals surface area contributed by atoms with Crippen LogP contribution in [0.1, 0.15) is 36.7 Å². The van der Waals surface area contributed by atoms with Crippen molar-refractivity contribution in [2.24, 2.45) is 5.92 Å². The lowest BCUT2D eigenvalue weighted by Crippen LogP contribution is -2.50. The summed E-state index contributed by atoms with van der Waals surface area (Å²) in [6.07, 6.45) is 0. The Morgan fingerprint density at radius 3 is 2.34 bits per heavy atom. The maximum Gasteiger partial charge on any atom is 0.339 e. The van der Waals surface area contributed by atoms with Crippen molar-refractivity contribution in [3.8, 4) is 12.1 Å². The van der Waals surface area contributed by atoms with E-state index in [9.17, 15) is 20.1 Å². The molecule has 29 heavy (non-hydrogen) atoms. The quantitative estimate of drug-likeness (QED) is 0.698. The molecule has 1 N–H and O–H groups in total. The predicted octanol–water partition coefficient (Wildman–Crippen LogP) is 3.92. The van der Waals surface area contributed by atoms with Gasteiger partial charge in [-0.15, -0.1) is 0 Å². The number of hydrogen-bond acceptors (Lipinski definition) is 6. The van der Waals surface area contributed by atoms with Gasteiger partial charge in [0.05, 0.1) is 17.2 Å². The zero-order valence-electron chi connectivity index (χ0n) is 16.4. The molecular weight excluding hydrogens is 386 g/mol. The molecule has 0 heterocycles. The second-order valence-corrected chi connectivity index (χ2v) is 7.88. The minimum absolute atomic E-state index is 0.107. The van der Waals surface area contributed by atoms with Crippen molar-refractivity contribution in [3.05, 3.63) is 59.7 Å². The molecule has 0 saturated carbocycles. The highest BCUT2D eigenvalue weighted by Crippen LogP contribution is 2.32. The topological polar surface area (TPSA) is 103 Å². The number of esters is 1. The van der Waals surface area contributed by atoms with Crippen LogP contribution in [-0.4, -0.2) is 24.0 Å². The largest absolute Gasteiger partial charge is 0.452 e. The summed E-state index contributed by atoms with van der Waals surface area (Å²) < 4.78 is 5.16. The molecule has 1 atom stereocenters. The van der Waals surface area contributed by atoms with E-state index >= 15 is 0 Å². The molecule has 2 rings (SSSR count). The summed E-state index contributed by atoms with van der Waals surface area (Å²) in [5.74, 6) is -1.30. The van der Waals surface area contributed by atoms with Crippen molar-refractivity contribution >= 4 is 23.6 Å². The molecule has 0 aliphatic rings. The minimum Gasteiger partial charge on any atom is -0.452 e. The lowest BCUT2D eigenvalue weighted by atomic mass is 9.90. The smallest absolute Gasteiger partial charge is 0.339 e. The number of benzene rings is 2. The molecule has 0 radical (unpaired) electrons. The van der Waals surface area contributed by atoms with E-state index in [-0.39, 0.29) is 5.92 Å². The minimum atomic E-state index is -1.04. The second kappa shape index (κ2) is 9.77. The third kappa shape index (κ3) is 5.60. The first-order valence-electron chi connectivity index (χ1n) is 8.96. The van der Waals surface area contributed by atoms with Crippen molar-refractivity contribution in [1.29, 1.82) is 10.5 Å². The van der Waals surface area contributed by atoms with Crippen molar-refractivity contribution in [3.63, 3.8) is 0 Å². The molecule has 0 unspecified atom stereocenters. The number of rotatable bonds is 7. The van der Waals surface area contributed by atoms with Gasteiger partial charge in [-0.1, -0.05) is 49.9 Å². The van der Waals surface area contributed by atoms with Crippen molar-refractivity contribution in [1.82, 2.24) is 5.32 Å². The van der Waals surface area contributed by atoms with Gasteiger partial charge in [0.2, 0.25) is 0 Å². The van der Waals surface area contributed by atoms with Crippen LogP contribution >= 0.6 is 11.8 Å². The van der Waals surface area contributed by atoms with Gasteiger partial charge in [0.25, 0.3) is 5.91 Å². The summed E-state index contributed by atoms with van der Waals surface area (Å²) in [5.41, 5.74) is -0.243. The fourth-order valence-electron chi connectivity index (χ4n) is 2.33. The Hall–Kier alpha value is -3.29. The van der Waals surface area contributed by atoms with Gasteiger partial charge in [-0.2, -0.15) is 10.5 Å². The number of hydrogen-bond donors (Lipinski definition) is 1. The van der Waals surface area contributed by atoms with Gasteiger partial charge in [-0.3, -0.25) is 4.79 Å². The van der Waals surface area contributed by atoms with Crippen molar-refractivity contribution in [2.75, 3.05) is 6.61 Å². The third-order valence-corrected chi connectivity index (χ3v) is 5.61. The van der Waals surface area contributed by atoms with Gasteiger partial charge in [0.15, 0.2) is 6.61 Å².